The van der Waals surface area contributed by atoms with E-state index in [1.807, 2.05) is 0 Å². The monoisotopic (exact) mass is 223 g/mol. The van der Waals surface area contributed by atoms with Gasteiger partial charge < -0.3 is 0 Å². The first-order chi connectivity index (χ1) is 8.33. The van der Waals surface area contributed by atoms with E-state index < -0.39 is 0 Å². The smallest absolute Gasteiger partial charge is 0.0420 e. The van der Waals surface area contributed by atoms with Gasteiger partial charge in [0.15, 0.2) is 0 Å². The standard InChI is InChI=1S/C16H17N/c1-12-6-9-16(17-11-12)15-8-7-13-4-2-3-5-14(13)10-15/h2-5,7-8,10,12H,6,9,11H2,1H3. The molecule has 0 bridgehead atoms. The van der Waals surface area contributed by atoms with E-state index in [0.29, 0.717) is 0 Å². The van der Waals surface area contributed by atoms with Crippen molar-refractivity contribution in [3.05, 3.63) is 48.0 Å². The zero-order valence-electron chi connectivity index (χ0n) is 10.2. The highest BCUT2D eigenvalue weighted by atomic mass is 14.8. The molecule has 2 aromatic rings. The van der Waals surface area contributed by atoms with Gasteiger partial charge in [-0.1, -0.05) is 43.3 Å². The van der Waals surface area contributed by atoms with Gasteiger partial charge in [-0.2, -0.15) is 0 Å². The third kappa shape index (κ3) is 2.10. The van der Waals surface area contributed by atoms with E-state index in [0.717, 1.165) is 18.9 Å². The summed E-state index contributed by atoms with van der Waals surface area (Å²) in [6, 6.07) is 15.2. The predicted octanol–water partition coefficient (Wildman–Crippen LogP) is 4.06. The Kier molecular flexibility index (Phi) is 2.68. The van der Waals surface area contributed by atoms with Crippen LogP contribution in [0.3, 0.4) is 0 Å². The van der Waals surface area contributed by atoms with Gasteiger partial charge in [-0.15, -0.1) is 0 Å². The van der Waals surface area contributed by atoms with Crippen LogP contribution in [0, 0.1) is 5.92 Å². The van der Waals surface area contributed by atoms with Gasteiger partial charge in [0.1, 0.15) is 0 Å². The average molecular weight is 223 g/mol. The fourth-order valence-corrected chi connectivity index (χ4v) is 2.42. The number of hydrogen-bond acceptors (Lipinski definition) is 1. The summed E-state index contributed by atoms with van der Waals surface area (Å²) in [4.78, 5) is 4.70. The molecule has 0 N–H and O–H groups in total. The zero-order chi connectivity index (χ0) is 11.7. The molecule has 1 unspecified atom stereocenters. The highest BCUT2D eigenvalue weighted by Crippen LogP contribution is 2.21. The normalized spacial score (nSPS) is 20.3. The molecule has 1 aliphatic rings. The first-order valence-corrected chi connectivity index (χ1v) is 6.35. The Labute approximate surface area is 102 Å². The topological polar surface area (TPSA) is 12.4 Å². The molecule has 86 valence electrons. The minimum absolute atomic E-state index is 0.749. The molecule has 0 saturated carbocycles. The summed E-state index contributed by atoms with van der Waals surface area (Å²) < 4.78 is 0. The zero-order valence-corrected chi connectivity index (χ0v) is 10.2. The van der Waals surface area contributed by atoms with Gasteiger partial charge >= 0.3 is 0 Å². The number of hydrogen-bond donors (Lipinski definition) is 0. The lowest BCUT2D eigenvalue weighted by molar-refractivity contribution is 0.538. The number of nitrogens with zero attached hydrogens (tertiary/aromatic N) is 1. The lowest BCUT2D eigenvalue weighted by Crippen LogP contribution is -2.14. The first kappa shape index (κ1) is 10.5. The fraction of sp³-hybridized carbons (Fsp3) is 0.312. The molecule has 0 amide bonds. The Morgan fingerprint density at radius 2 is 1.88 bits per heavy atom. The van der Waals surface area contributed by atoms with Crippen molar-refractivity contribution in [2.24, 2.45) is 10.9 Å². The van der Waals surface area contributed by atoms with E-state index in [2.05, 4.69) is 49.4 Å². The van der Waals surface area contributed by atoms with E-state index in [1.165, 1.54) is 28.5 Å². The van der Waals surface area contributed by atoms with Gasteiger partial charge in [-0.05, 0) is 41.2 Å². The molecule has 0 spiro atoms. The van der Waals surface area contributed by atoms with Gasteiger partial charge in [-0.25, -0.2) is 0 Å². The molecule has 0 saturated heterocycles. The van der Waals surface area contributed by atoms with Crippen LogP contribution in [-0.2, 0) is 0 Å². The van der Waals surface area contributed by atoms with Crippen molar-refractivity contribution < 1.29 is 0 Å². The minimum Gasteiger partial charge on any atom is -0.289 e. The molecule has 0 aromatic heterocycles. The van der Waals surface area contributed by atoms with E-state index >= 15 is 0 Å². The summed E-state index contributed by atoms with van der Waals surface area (Å²) in [6.45, 7) is 3.27. The molecule has 1 nitrogen and oxygen atoms in total. The van der Waals surface area contributed by atoms with E-state index in [4.69, 9.17) is 4.99 Å². The number of aliphatic imine (C=N–C) groups is 1. The predicted molar refractivity (Wildman–Crippen MR) is 73.8 cm³/mol. The van der Waals surface area contributed by atoms with Crippen LogP contribution in [0.15, 0.2) is 47.5 Å². The summed E-state index contributed by atoms with van der Waals surface area (Å²) in [5, 5.41) is 2.62. The van der Waals surface area contributed by atoms with Crippen molar-refractivity contribution in [2.75, 3.05) is 6.54 Å². The SMILES string of the molecule is CC1CCC(c2ccc3ccccc3c2)=NC1. The third-order valence-electron chi connectivity index (χ3n) is 3.55. The highest BCUT2D eigenvalue weighted by Gasteiger charge is 2.12. The number of benzene rings is 2. The molecule has 1 atom stereocenters. The van der Waals surface area contributed by atoms with Crippen molar-refractivity contribution in [1.82, 2.24) is 0 Å². The van der Waals surface area contributed by atoms with E-state index in [9.17, 15) is 0 Å². The lowest BCUT2D eigenvalue weighted by Gasteiger charge is -2.17. The van der Waals surface area contributed by atoms with Gasteiger partial charge in [0.25, 0.3) is 0 Å². The Hall–Kier alpha value is -1.63. The van der Waals surface area contributed by atoms with Crippen LogP contribution in [0.4, 0.5) is 0 Å². The summed E-state index contributed by atoms with van der Waals surface area (Å²) in [5.74, 6) is 0.749. The van der Waals surface area contributed by atoms with E-state index in [-0.39, 0.29) is 0 Å². The maximum atomic E-state index is 4.70. The average Bonchev–Trinajstić information content (AvgIpc) is 2.39. The minimum atomic E-state index is 0.749. The summed E-state index contributed by atoms with van der Waals surface area (Å²) in [5.41, 5.74) is 2.59. The van der Waals surface area contributed by atoms with Crippen molar-refractivity contribution in [3.63, 3.8) is 0 Å². The second-order valence-corrected chi connectivity index (χ2v) is 4.99. The third-order valence-corrected chi connectivity index (χ3v) is 3.55. The molecule has 0 fully saturated rings. The van der Waals surface area contributed by atoms with Crippen LogP contribution in [0.25, 0.3) is 10.8 Å². The Morgan fingerprint density at radius 3 is 2.65 bits per heavy atom. The van der Waals surface area contributed by atoms with Crippen LogP contribution in [0.1, 0.15) is 25.3 Å². The van der Waals surface area contributed by atoms with E-state index in [1.54, 1.807) is 0 Å². The first-order valence-electron chi connectivity index (χ1n) is 6.35. The molecular formula is C16H17N. The Balaban J connectivity index is 2.01. The maximum Gasteiger partial charge on any atom is 0.0420 e. The maximum absolute atomic E-state index is 4.70. The molecule has 1 heterocycles. The summed E-state index contributed by atoms with van der Waals surface area (Å²) in [6.07, 6.45) is 2.39. The molecule has 17 heavy (non-hydrogen) atoms. The summed E-state index contributed by atoms with van der Waals surface area (Å²) in [7, 11) is 0. The van der Waals surface area contributed by atoms with Crippen molar-refractivity contribution in [3.8, 4) is 0 Å². The van der Waals surface area contributed by atoms with Crippen LogP contribution in [-0.4, -0.2) is 12.3 Å². The van der Waals surface area contributed by atoms with Gasteiger partial charge in [0.2, 0.25) is 0 Å². The van der Waals surface area contributed by atoms with Gasteiger partial charge in [0, 0.05) is 12.3 Å². The number of fused-ring (bicyclic) bond motifs is 1. The molecule has 2 aromatic carbocycles. The molecule has 1 aliphatic heterocycles. The molecule has 0 radical (unpaired) electrons. The lowest BCUT2D eigenvalue weighted by atomic mass is 9.95. The number of rotatable bonds is 1. The van der Waals surface area contributed by atoms with Crippen LogP contribution in [0.5, 0.6) is 0 Å². The molecule has 3 rings (SSSR count). The van der Waals surface area contributed by atoms with Crippen molar-refractivity contribution >= 4 is 16.5 Å². The quantitative estimate of drug-likeness (QED) is 0.691. The van der Waals surface area contributed by atoms with Crippen molar-refractivity contribution in [1.29, 1.82) is 0 Å². The second-order valence-electron chi connectivity index (χ2n) is 4.99. The van der Waals surface area contributed by atoms with Gasteiger partial charge in [-0.3, -0.25) is 4.99 Å². The Morgan fingerprint density at radius 1 is 1.06 bits per heavy atom. The summed E-state index contributed by atoms with van der Waals surface area (Å²) >= 11 is 0. The van der Waals surface area contributed by atoms with Crippen LogP contribution in [0.2, 0.25) is 0 Å². The van der Waals surface area contributed by atoms with Gasteiger partial charge in [0.05, 0.1) is 0 Å². The highest BCUT2D eigenvalue weighted by molar-refractivity contribution is 6.03. The molecular weight excluding hydrogens is 206 g/mol. The second kappa shape index (κ2) is 4.33. The molecule has 1 heteroatoms. The largest absolute Gasteiger partial charge is 0.289 e. The van der Waals surface area contributed by atoms with Crippen LogP contribution >= 0.6 is 0 Å². The molecule has 0 aliphatic carbocycles. The fourth-order valence-electron chi connectivity index (χ4n) is 2.42. The Bertz CT molecular complexity index is 569. The van der Waals surface area contributed by atoms with Crippen molar-refractivity contribution in [2.45, 2.75) is 19.8 Å². The van der Waals surface area contributed by atoms with Crippen LogP contribution < -0.4 is 0 Å².